The molecule has 0 saturated heterocycles. The van der Waals surface area contributed by atoms with E-state index in [1.807, 2.05) is 0 Å². The number of sulfonamides is 1. The number of carbonyl (C=O) groups excluding carboxylic acids is 1. The van der Waals surface area contributed by atoms with Crippen molar-refractivity contribution in [2.75, 3.05) is 30.4 Å². The zero-order chi connectivity index (χ0) is 24.0. The van der Waals surface area contributed by atoms with Crippen molar-refractivity contribution in [2.24, 2.45) is 0 Å². The minimum absolute atomic E-state index is 0.00206. The van der Waals surface area contributed by atoms with E-state index in [0.717, 1.165) is 4.31 Å². The Balaban J connectivity index is 2.03. The van der Waals surface area contributed by atoms with Crippen molar-refractivity contribution in [1.82, 2.24) is 0 Å². The van der Waals surface area contributed by atoms with E-state index < -0.39 is 15.9 Å². The van der Waals surface area contributed by atoms with Gasteiger partial charge in [0, 0.05) is 0 Å². The number of nitrogens with zero attached hydrogens (tertiary/aromatic N) is 1. The van der Waals surface area contributed by atoms with E-state index >= 15 is 0 Å². The third-order valence-corrected chi connectivity index (χ3v) is 6.88. The van der Waals surface area contributed by atoms with Crippen LogP contribution in [0.5, 0.6) is 11.5 Å². The molecular formula is C24H23ClN2O5S. The van der Waals surface area contributed by atoms with Crippen molar-refractivity contribution in [3.05, 3.63) is 90.0 Å². The monoisotopic (exact) mass is 486 g/mol. The molecule has 7 nitrogen and oxygen atoms in total. The first-order valence-electron chi connectivity index (χ1n) is 9.84. The molecule has 3 aromatic rings. The Hall–Kier alpha value is -3.49. The summed E-state index contributed by atoms with van der Waals surface area (Å²) < 4.78 is 38.9. The van der Waals surface area contributed by atoms with Gasteiger partial charge in [0.25, 0.3) is 15.9 Å². The van der Waals surface area contributed by atoms with Crippen molar-refractivity contribution in [3.8, 4) is 11.5 Å². The van der Waals surface area contributed by atoms with Gasteiger partial charge in [-0.2, -0.15) is 0 Å². The number of nitrogens with one attached hydrogen (secondary N) is 1. The molecule has 0 fully saturated rings. The second-order valence-corrected chi connectivity index (χ2v) is 9.06. The predicted octanol–water partition coefficient (Wildman–Crippen LogP) is 4.99. The number of ether oxygens (including phenoxy) is 2. The van der Waals surface area contributed by atoms with Crippen LogP contribution in [0.1, 0.15) is 10.4 Å². The van der Waals surface area contributed by atoms with E-state index in [1.54, 1.807) is 48.5 Å². The number of hydrogen-bond donors (Lipinski definition) is 1. The summed E-state index contributed by atoms with van der Waals surface area (Å²) in [6.07, 6.45) is 1.47. The predicted molar refractivity (Wildman–Crippen MR) is 130 cm³/mol. The maximum atomic E-state index is 13.6. The molecule has 3 rings (SSSR count). The smallest absolute Gasteiger partial charge is 0.264 e. The lowest BCUT2D eigenvalue weighted by molar-refractivity contribution is 0.102. The first kappa shape index (κ1) is 24.2. The van der Waals surface area contributed by atoms with Gasteiger partial charge in [-0.05, 0) is 42.5 Å². The van der Waals surface area contributed by atoms with Gasteiger partial charge in [0.1, 0.15) is 11.5 Å². The molecule has 0 aliphatic carbocycles. The molecule has 9 heteroatoms. The zero-order valence-electron chi connectivity index (χ0n) is 18.1. The topological polar surface area (TPSA) is 84.9 Å². The van der Waals surface area contributed by atoms with E-state index in [9.17, 15) is 13.2 Å². The van der Waals surface area contributed by atoms with Crippen LogP contribution in [0.2, 0.25) is 5.02 Å². The van der Waals surface area contributed by atoms with Crippen LogP contribution in [-0.4, -0.2) is 35.1 Å². The fraction of sp³-hybridized carbons (Fsp3) is 0.125. The number of anilines is 2. The average Bonchev–Trinajstić information content (AvgIpc) is 2.82. The molecule has 3 aromatic carbocycles. The van der Waals surface area contributed by atoms with E-state index in [0.29, 0.717) is 22.9 Å². The molecule has 0 radical (unpaired) electrons. The molecule has 0 unspecified atom stereocenters. The van der Waals surface area contributed by atoms with Gasteiger partial charge in [-0.1, -0.05) is 41.9 Å². The molecule has 0 aliphatic rings. The number of carbonyl (C=O) groups is 1. The first-order chi connectivity index (χ1) is 15.8. The van der Waals surface area contributed by atoms with E-state index in [-0.39, 0.29) is 22.0 Å². The fourth-order valence-corrected chi connectivity index (χ4v) is 4.86. The maximum absolute atomic E-state index is 13.6. The van der Waals surface area contributed by atoms with Crippen LogP contribution in [0, 0.1) is 0 Å². The molecule has 0 aliphatic heterocycles. The Labute approximate surface area is 198 Å². The second-order valence-electron chi connectivity index (χ2n) is 6.79. The second kappa shape index (κ2) is 10.4. The summed E-state index contributed by atoms with van der Waals surface area (Å²) in [7, 11) is -1.15. The summed E-state index contributed by atoms with van der Waals surface area (Å²) in [5.41, 5.74) is 0.772. The molecule has 0 spiro atoms. The molecule has 1 amide bonds. The van der Waals surface area contributed by atoms with Crippen LogP contribution >= 0.6 is 11.6 Å². The Bertz CT molecular complexity index is 1280. The summed E-state index contributed by atoms with van der Waals surface area (Å²) in [5, 5.41) is 2.81. The molecule has 33 heavy (non-hydrogen) atoms. The summed E-state index contributed by atoms with van der Waals surface area (Å²) in [4.78, 5) is 12.8. The number of hydrogen-bond acceptors (Lipinski definition) is 5. The number of amides is 1. The highest BCUT2D eigenvalue weighted by Gasteiger charge is 2.28. The summed E-state index contributed by atoms with van der Waals surface area (Å²) >= 11 is 6.25. The summed E-state index contributed by atoms with van der Waals surface area (Å²) in [6.45, 7) is 3.66. The molecule has 0 aromatic heterocycles. The van der Waals surface area contributed by atoms with E-state index in [2.05, 4.69) is 11.9 Å². The van der Waals surface area contributed by atoms with Gasteiger partial charge in [-0.25, -0.2) is 8.42 Å². The maximum Gasteiger partial charge on any atom is 0.264 e. The van der Waals surface area contributed by atoms with Crippen molar-refractivity contribution < 1.29 is 22.7 Å². The molecule has 172 valence electrons. The molecule has 0 heterocycles. The van der Waals surface area contributed by atoms with Crippen LogP contribution < -0.4 is 19.1 Å². The van der Waals surface area contributed by atoms with Gasteiger partial charge in [0.05, 0.1) is 47.6 Å². The zero-order valence-corrected chi connectivity index (χ0v) is 19.7. The minimum Gasteiger partial charge on any atom is -0.495 e. The van der Waals surface area contributed by atoms with E-state index in [1.165, 1.54) is 38.5 Å². The normalized spacial score (nSPS) is 10.9. The number of benzene rings is 3. The van der Waals surface area contributed by atoms with Crippen molar-refractivity contribution in [3.63, 3.8) is 0 Å². The van der Waals surface area contributed by atoms with Crippen molar-refractivity contribution in [1.29, 1.82) is 0 Å². The molecule has 0 saturated carbocycles. The van der Waals surface area contributed by atoms with Crippen LogP contribution in [0.15, 0.2) is 84.3 Å². The Morgan fingerprint density at radius 2 is 1.67 bits per heavy atom. The van der Waals surface area contributed by atoms with Gasteiger partial charge in [0.15, 0.2) is 0 Å². The third-order valence-electron chi connectivity index (χ3n) is 4.77. The van der Waals surface area contributed by atoms with Gasteiger partial charge < -0.3 is 14.8 Å². The largest absolute Gasteiger partial charge is 0.495 e. The molecule has 1 N–H and O–H groups in total. The van der Waals surface area contributed by atoms with Gasteiger partial charge in [-0.3, -0.25) is 9.10 Å². The SMILES string of the molecule is C=CCN(c1ccccc1OC)S(=O)(=O)c1ccc(Cl)c(C(=O)Nc2ccccc2OC)c1. The molecule has 0 bridgehead atoms. The number of para-hydroxylation sites is 4. The lowest BCUT2D eigenvalue weighted by Crippen LogP contribution is -2.31. The standard InChI is InChI=1S/C24H23ClN2O5S/c1-4-15-27(21-10-6-8-12-23(21)32-3)33(29,30)17-13-14-19(25)18(16-17)24(28)26-20-9-5-7-11-22(20)31-2/h4-14,16H,1,15H2,2-3H3,(H,26,28). The van der Waals surface area contributed by atoms with Crippen molar-refractivity contribution >= 4 is 38.9 Å². The van der Waals surface area contributed by atoms with Gasteiger partial charge in [0.2, 0.25) is 0 Å². The Kier molecular flexibility index (Phi) is 7.63. The van der Waals surface area contributed by atoms with E-state index in [4.69, 9.17) is 21.1 Å². The number of halogens is 1. The first-order valence-corrected chi connectivity index (χ1v) is 11.7. The molecular weight excluding hydrogens is 464 g/mol. The lowest BCUT2D eigenvalue weighted by Gasteiger charge is -2.25. The number of rotatable bonds is 9. The van der Waals surface area contributed by atoms with Gasteiger partial charge >= 0.3 is 0 Å². The fourth-order valence-electron chi connectivity index (χ4n) is 3.18. The summed E-state index contributed by atoms with van der Waals surface area (Å²) in [5.74, 6) is 0.263. The average molecular weight is 487 g/mol. The third kappa shape index (κ3) is 5.13. The molecule has 0 atom stereocenters. The highest BCUT2D eigenvalue weighted by Crippen LogP contribution is 2.33. The van der Waals surface area contributed by atoms with Crippen LogP contribution in [-0.2, 0) is 10.0 Å². The Morgan fingerprint density at radius 3 is 2.33 bits per heavy atom. The van der Waals surface area contributed by atoms with Crippen LogP contribution in [0.3, 0.4) is 0 Å². The quantitative estimate of drug-likeness (QED) is 0.431. The summed E-state index contributed by atoms with van der Waals surface area (Å²) in [6, 6.07) is 17.6. The Morgan fingerprint density at radius 1 is 1.03 bits per heavy atom. The van der Waals surface area contributed by atoms with Crippen LogP contribution in [0.25, 0.3) is 0 Å². The highest BCUT2D eigenvalue weighted by molar-refractivity contribution is 7.92. The highest BCUT2D eigenvalue weighted by atomic mass is 35.5. The van der Waals surface area contributed by atoms with Gasteiger partial charge in [-0.15, -0.1) is 6.58 Å². The van der Waals surface area contributed by atoms with Crippen molar-refractivity contribution in [2.45, 2.75) is 4.90 Å². The number of methoxy groups -OCH3 is 2. The van der Waals surface area contributed by atoms with Crippen LogP contribution in [0.4, 0.5) is 11.4 Å². The lowest BCUT2D eigenvalue weighted by atomic mass is 10.2. The minimum atomic E-state index is -4.09.